The zero-order chi connectivity index (χ0) is 33.5. The van der Waals surface area contributed by atoms with Gasteiger partial charge in [-0.3, -0.25) is 15.0 Å². The van der Waals surface area contributed by atoms with Crippen LogP contribution in [0.25, 0.3) is 0 Å². The van der Waals surface area contributed by atoms with E-state index in [4.69, 9.17) is 0 Å². The summed E-state index contributed by atoms with van der Waals surface area (Å²) < 4.78 is 0. The van der Waals surface area contributed by atoms with Crippen molar-refractivity contribution in [1.82, 2.24) is 34.9 Å². The Morgan fingerprint density at radius 3 is 1.24 bits per heavy atom. The molecule has 0 aliphatic heterocycles. The van der Waals surface area contributed by atoms with Crippen molar-refractivity contribution in [3.8, 4) is 0 Å². The second-order valence-electron chi connectivity index (χ2n) is 11.9. The molecule has 0 aromatic carbocycles. The Labute approximate surface area is 272 Å². The quantitative estimate of drug-likeness (QED) is 0.196. The Hall–Kier alpha value is -4.39. The highest BCUT2D eigenvalue weighted by atomic mass is 14.8. The summed E-state index contributed by atoms with van der Waals surface area (Å²) in [4.78, 5) is 27.8. The minimum absolute atomic E-state index is 0.507. The van der Waals surface area contributed by atoms with Crippen molar-refractivity contribution >= 4 is 0 Å². The molecule has 45 heavy (non-hydrogen) atoms. The molecule has 7 nitrogen and oxygen atoms in total. The van der Waals surface area contributed by atoms with E-state index in [2.05, 4.69) is 110 Å². The van der Waals surface area contributed by atoms with Gasteiger partial charge in [-0.1, -0.05) is 81.4 Å². The van der Waals surface area contributed by atoms with E-state index >= 15 is 0 Å². The van der Waals surface area contributed by atoms with E-state index < -0.39 is 0 Å². The first-order valence-electron chi connectivity index (χ1n) is 15.7. The van der Waals surface area contributed by atoms with Gasteiger partial charge in [0.15, 0.2) is 0 Å². The number of hydrogen-bond acceptors (Lipinski definition) is 7. The molecule has 0 bridgehead atoms. The maximum absolute atomic E-state index is 4.18. The second kappa shape index (κ2) is 23.1. The number of nitrogens with zero attached hydrogens (tertiary/aromatic N) is 7. The summed E-state index contributed by atoms with van der Waals surface area (Å²) >= 11 is 0. The van der Waals surface area contributed by atoms with E-state index in [0.29, 0.717) is 29.6 Å². The predicted octanol–water partition coefficient (Wildman–Crippen LogP) is 9.81. The molecule has 5 aromatic heterocycles. The largest absolute Gasteiger partial charge is 0.265 e. The standard InChI is InChI=1S/3C8H11N.2C7H10N2/c1-7(2)8-3-5-9-6-4-8;1-7(2)8-4-3-5-9-6-8;1-7(2)8-5-3-4-6-9-8;1-6(2)7-3-8-5-9-4-7;1-6(2)7-3-4-8-5-9-7/h3*3-7H,1-2H3;2*3-6H,1-2H3. The Kier molecular flexibility index (Phi) is 19.8. The highest BCUT2D eigenvalue weighted by Crippen LogP contribution is 2.12. The van der Waals surface area contributed by atoms with Gasteiger partial charge in [0, 0.05) is 61.0 Å². The molecule has 0 N–H and O–H groups in total. The van der Waals surface area contributed by atoms with Gasteiger partial charge in [0.05, 0.1) is 0 Å². The van der Waals surface area contributed by atoms with Crippen molar-refractivity contribution in [2.24, 2.45) is 0 Å². The fourth-order valence-electron chi connectivity index (χ4n) is 3.43. The fraction of sp³-hybridized carbons (Fsp3) is 0.395. The molecule has 0 aliphatic rings. The van der Waals surface area contributed by atoms with Gasteiger partial charge in [-0.05, 0) is 82.7 Å². The predicted molar refractivity (Wildman–Crippen MR) is 187 cm³/mol. The summed E-state index contributed by atoms with van der Waals surface area (Å²) in [5, 5.41) is 0. The van der Waals surface area contributed by atoms with E-state index in [1.807, 2.05) is 79.6 Å². The topological polar surface area (TPSA) is 90.2 Å². The van der Waals surface area contributed by atoms with Crippen LogP contribution in [0.1, 0.15) is 127 Å². The highest BCUT2D eigenvalue weighted by molar-refractivity contribution is 5.13. The second-order valence-corrected chi connectivity index (χ2v) is 11.9. The zero-order valence-corrected chi connectivity index (χ0v) is 28.9. The van der Waals surface area contributed by atoms with Crippen LogP contribution < -0.4 is 0 Å². The molecule has 0 saturated heterocycles. The number of aromatic nitrogens is 7. The monoisotopic (exact) mass is 607 g/mol. The van der Waals surface area contributed by atoms with Crippen molar-refractivity contribution in [3.63, 3.8) is 0 Å². The minimum Gasteiger partial charge on any atom is -0.265 e. The molecule has 5 heterocycles. The molecule has 0 fully saturated rings. The van der Waals surface area contributed by atoms with Crippen LogP contribution in [0.3, 0.4) is 0 Å². The van der Waals surface area contributed by atoms with Crippen LogP contribution in [-0.4, -0.2) is 34.9 Å². The van der Waals surface area contributed by atoms with Crippen molar-refractivity contribution in [2.45, 2.75) is 98.8 Å². The lowest BCUT2D eigenvalue weighted by Crippen LogP contribution is -1.90. The highest BCUT2D eigenvalue weighted by Gasteiger charge is 1.98. The molecule has 0 atom stereocenters. The van der Waals surface area contributed by atoms with Crippen molar-refractivity contribution in [1.29, 1.82) is 0 Å². The first-order chi connectivity index (χ1) is 21.5. The molecule has 7 heteroatoms. The molecular formula is C38H53N7. The van der Waals surface area contributed by atoms with Gasteiger partial charge in [0.2, 0.25) is 0 Å². The van der Waals surface area contributed by atoms with Crippen LogP contribution >= 0.6 is 0 Å². The first-order valence-corrected chi connectivity index (χ1v) is 15.7. The molecule has 5 rings (SSSR count). The van der Waals surface area contributed by atoms with Gasteiger partial charge in [-0.25, -0.2) is 19.9 Å². The summed E-state index contributed by atoms with van der Waals surface area (Å²) in [7, 11) is 0. The van der Waals surface area contributed by atoms with E-state index in [9.17, 15) is 0 Å². The summed E-state index contributed by atoms with van der Waals surface area (Å²) in [6.45, 7) is 21.4. The van der Waals surface area contributed by atoms with E-state index in [1.54, 1.807) is 25.0 Å². The van der Waals surface area contributed by atoms with Crippen molar-refractivity contribution in [3.05, 3.63) is 139 Å². The molecule has 0 radical (unpaired) electrons. The van der Waals surface area contributed by atoms with E-state index in [0.717, 1.165) is 11.4 Å². The summed E-state index contributed by atoms with van der Waals surface area (Å²) in [6, 6.07) is 16.1. The van der Waals surface area contributed by atoms with Crippen LogP contribution in [-0.2, 0) is 0 Å². The maximum Gasteiger partial charge on any atom is 0.115 e. The Morgan fingerprint density at radius 2 is 0.911 bits per heavy atom. The maximum atomic E-state index is 4.18. The third-order valence-electron chi connectivity index (χ3n) is 6.45. The van der Waals surface area contributed by atoms with Gasteiger partial charge < -0.3 is 0 Å². The van der Waals surface area contributed by atoms with Gasteiger partial charge in [0.1, 0.15) is 12.7 Å². The number of pyridine rings is 3. The minimum atomic E-state index is 0.507. The smallest absolute Gasteiger partial charge is 0.115 e. The molecule has 0 spiro atoms. The summed E-state index contributed by atoms with van der Waals surface area (Å²) in [5.41, 5.74) is 6.11. The van der Waals surface area contributed by atoms with Gasteiger partial charge in [0.25, 0.3) is 0 Å². The summed E-state index contributed by atoms with van der Waals surface area (Å²) in [6.07, 6.45) is 17.8. The number of hydrogen-bond donors (Lipinski definition) is 0. The Balaban J connectivity index is 0.000000281. The summed E-state index contributed by atoms with van der Waals surface area (Å²) in [5.74, 6) is 2.80. The first kappa shape index (κ1) is 38.6. The third-order valence-corrected chi connectivity index (χ3v) is 6.45. The van der Waals surface area contributed by atoms with Crippen LogP contribution in [0, 0.1) is 0 Å². The Bertz CT molecular complexity index is 1090. The van der Waals surface area contributed by atoms with E-state index in [-0.39, 0.29) is 0 Å². The van der Waals surface area contributed by atoms with Crippen molar-refractivity contribution in [2.75, 3.05) is 0 Å². The van der Waals surface area contributed by atoms with Crippen LogP contribution in [0.5, 0.6) is 0 Å². The van der Waals surface area contributed by atoms with Crippen LogP contribution in [0.15, 0.2) is 111 Å². The molecule has 5 aromatic rings. The molecule has 240 valence electrons. The van der Waals surface area contributed by atoms with Gasteiger partial charge in [-0.2, -0.15) is 0 Å². The average molecular weight is 608 g/mol. The SMILES string of the molecule is CC(C)c1ccccn1.CC(C)c1cccnc1.CC(C)c1ccncc1.CC(C)c1ccncn1.CC(C)c1cncnc1. The lowest BCUT2D eigenvalue weighted by atomic mass is 10.1. The molecule has 0 amide bonds. The van der Waals surface area contributed by atoms with Gasteiger partial charge >= 0.3 is 0 Å². The van der Waals surface area contributed by atoms with Crippen LogP contribution in [0.2, 0.25) is 0 Å². The van der Waals surface area contributed by atoms with Crippen molar-refractivity contribution < 1.29 is 0 Å². The number of rotatable bonds is 5. The average Bonchev–Trinajstić information content (AvgIpc) is 3.08. The molecular weight excluding hydrogens is 554 g/mol. The Morgan fingerprint density at radius 1 is 0.356 bits per heavy atom. The van der Waals surface area contributed by atoms with Crippen LogP contribution in [0.4, 0.5) is 0 Å². The lowest BCUT2D eigenvalue weighted by Gasteiger charge is -2.01. The third kappa shape index (κ3) is 18.1. The zero-order valence-electron chi connectivity index (χ0n) is 28.9. The molecule has 0 unspecified atom stereocenters. The fourth-order valence-corrected chi connectivity index (χ4v) is 3.43. The molecule has 0 aliphatic carbocycles. The van der Waals surface area contributed by atoms with E-state index in [1.165, 1.54) is 16.7 Å². The normalized spacial score (nSPS) is 10.1. The molecule has 0 saturated carbocycles. The van der Waals surface area contributed by atoms with Gasteiger partial charge in [-0.15, -0.1) is 0 Å². The lowest BCUT2D eigenvalue weighted by molar-refractivity contribution is 0.814.